The van der Waals surface area contributed by atoms with Gasteiger partial charge in [0.1, 0.15) is 0 Å². The number of hydrogen-bond donors (Lipinski definition) is 1. The Hall–Kier alpha value is -2.29. The van der Waals surface area contributed by atoms with Crippen LogP contribution in [0.3, 0.4) is 0 Å². The first-order valence-corrected chi connectivity index (χ1v) is 7.35. The molecule has 3 nitrogen and oxygen atoms in total. The molecule has 2 N–H and O–H groups in total. The number of carbonyl (C=O) groups excluding carboxylic acids is 1. The molecule has 108 valence electrons. The number of aryl methyl sites for hydroxylation is 1. The fraction of sp³-hybridized carbons (Fsp3) is 0.278. The Balaban J connectivity index is 1.85. The molecule has 3 heteroatoms. The monoisotopic (exact) mass is 280 g/mol. The number of hydrogen-bond acceptors (Lipinski definition) is 2. The number of nitrogen functional groups attached to an aromatic ring is 1. The first-order valence-electron chi connectivity index (χ1n) is 7.35. The predicted octanol–water partition coefficient (Wildman–Crippen LogP) is 3.38. The number of carbonyl (C=O) groups is 1. The molecule has 0 bridgehead atoms. The Morgan fingerprint density at radius 3 is 2.52 bits per heavy atom. The van der Waals surface area contributed by atoms with Crippen LogP contribution in [-0.2, 0) is 6.54 Å². The fourth-order valence-corrected chi connectivity index (χ4v) is 2.64. The highest BCUT2D eigenvalue weighted by atomic mass is 16.2. The van der Waals surface area contributed by atoms with Gasteiger partial charge >= 0.3 is 0 Å². The smallest absolute Gasteiger partial charge is 0.254 e. The van der Waals surface area contributed by atoms with E-state index in [9.17, 15) is 4.79 Å². The van der Waals surface area contributed by atoms with Gasteiger partial charge in [-0.15, -0.1) is 0 Å². The minimum Gasteiger partial charge on any atom is -0.399 e. The van der Waals surface area contributed by atoms with Crippen LogP contribution >= 0.6 is 0 Å². The lowest BCUT2D eigenvalue weighted by Gasteiger charge is -2.23. The maximum absolute atomic E-state index is 12.8. The number of nitrogens with two attached hydrogens (primary N) is 1. The third kappa shape index (κ3) is 3.24. The molecule has 0 unspecified atom stereocenters. The van der Waals surface area contributed by atoms with E-state index in [-0.39, 0.29) is 5.91 Å². The molecule has 1 saturated carbocycles. The highest BCUT2D eigenvalue weighted by Gasteiger charge is 2.33. The molecule has 1 aliphatic rings. The van der Waals surface area contributed by atoms with E-state index < -0.39 is 0 Å². The van der Waals surface area contributed by atoms with Crippen molar-refractivity contribution in [2.45, 2.75) is 32.4 Å². The molecule has 0 atom stereocenters. The zero-order chi connectivity index (χ0) is 14.8. The summed E-state index contributed by atoms with van der Waals surface area (Å²) in [6.45, 7) is 2.63. The number of benzene rings is 2. The zero-order valence-corrected chi connectivity index (χ0v) is 12.3. The molecule has 0 heterocycles. The van der Waals surface area contributed by atoms with E-state index in [1.807, 2.05) is 42.2 Å². The number of amides is 1. The van der Waals surface area contributed by atoms with Crippen LogP contribution in [0, 0.1) is 6.92 Å². The van der Waals surface area contributed by atoms with Crippen molar-refractivity contribution >= 4 is 11.6 Å². The normalized spacial score (nSPS) is 14.0. The summed E-state index contributed by atoms with van der Waals surface area (Å²) in [5, 5.41) is 0. The van der Waals surface area contributed by atoms with Gasteiger partial charge in [-0.2, -0.15) is 0 Å². The first kappa shape index (κ1) is 13.7. The molecule has 1 aliphatic carbocycles. The van der Waals surface area contributed by atoms with Crippen molar-refractivity contribution in [3.05, 3.63) is 65.2 Å². The van der Waals surface area contributed by atoms with Crippen molar-refractivity contribution in [2.75, 3.05) is 5.73 Å². The third-order valence-electron chi connectivity index (χ3n) is 3.79. The van der Waals surface area contributed by atoms with Gasteiger partial charge in [0.2, 0.25) is 0 Å². The van der Waals surface area contributed by atoms with Gasteiger partial charge in [-0.1, -0.05) is 30.3 Å². The van der Waals surface area contributed by atoms with Crippen LogP contribution in [-0.4, -0.2) is 16.8 Å². The lowest BCUT2D eigenvalue weighted by Crippen LogP contribution is -2.32. The Labute approximate surface area is 125 Å². The number of rotatable bonds is 4. The van der Waals surface area contributed by atoms with Gasteiger partial charge in [-0.05, 0) is 49.1 Å². The van der Waals surface area contributed by atoms with E-state index in [1.165, 1.54) is 5.56 Å². The summed E-state index contributed by atoms with van der Waals surface area (Å²) in [5.74, 6) is 0.0803. The lowest BCUT2D eigenvalue weighted by atomic mass is 10.1. The van der Waals surface area contributed by atoms with Crippen LogP contribution in [0.2, 0.25) is 0 Å². The van der Waals surface area contributed by atoms with Gasteiger partial charge in [0, 0.05) is 23.8 Å². The van der Waals surface area contributed by atoms with Crippen LogP contribution in [0.4, 0.5) is 5.69 Å². The molecule has 0 aliphatic heterocycles. The van der Waals surface area contributed by atoms with Crippen molar-refractivity contribution < 1.29 is 4.79 Å². The highest BCUT2D eigenvalue weighted by molar-refractivity contribution is 5.95. The number of nitrogens with zero attached hydrogens (tertiary/aromatic N) is 1. The summed E-state index contributed by atoms with van der Waals surface area (Å²) in [6.07, 6.45) is 2.19. The second-order valence-electron chi connectivity index (χ2n) is 5.78. The summed E-state index contributed by atoms with van der Waals surface area (Å²) < 4.78 is 0. The van der Waals surface area contributed by atoms with Crippen LogP contribution < -0.4 is 5.73 Å². The van der Waals surface area contributed by atoms with Crippen molar-refractivity contribution in [1.82, 2.24) is 4.90 Å². The van der Waals surface area contributed by atoms with E-state index in [1.54, 1.807) is 6.07 Å². The average molecular weight is 280 g/mol. The Bertz CT molecular complexity index is 627. The average Bonchev–Trinajstić information content (AvgIpc) is 3.29. The third-order valence-corrected chi connectivity index (χ3v) is 3.79. The van der Waals surface area contributed by atoms with Crippen molar-refractivity contribution in [3.63, 3.8) is 0 Å². The minimum atomic E-state index is 0.0803. The maximum atomic E-state index is 12.8. The summed E-state index contributed by atoms with van der Waals surface area (Å²) in [5.41, 5.74) is 9.40. The standard InChI is InChI=1S/C18H20N2O/c1-13-9-15(11-16(19)10-13)18(21)20(17-7-8-17)12-14-5-3-2-4-6-14/h2-6,9-11,17H,7-8,12,19H2,1H3. The van der Waals surface area contributed by atoms with E-state index in [0.29, 0.717) is 23.8 Å². The molecule has 0 radical (unpaired) electrons. The molecule has 1 amide bonds. The van der Waals surface area contributed by atoms with Gasteiger partial charge < -0.3 is 10.6 Å². The van der Waals surface area contributed by atoms with E-state index in [4.69, 9.17) is 5.73 Å². The van der Waals surface area contributed by atoms with Gasteiger partial charge in [0.15, 0.2) is 0 Å². The molecule has 2 aromatic rings. The SMILES string of the molecule is Cc1cc(N)cc(C(=O)N(Cc2ccccc2)C2CC2)c1. The molecule has 0 saturated heterocycles. The second kappa shape index (κ2) is 5.60. The van der Waals surface area contributed by atoms with Crippen LogP contribution in [0.15, 0.2) is 48.5 Å². The summed E-state index contributed by atoms with van der Waals surface area (Å²) in [7, 11) is 0. The van der Waals surface area contributed by atoms with Crippen molar-refractivity contribution in [1.29, 1.82) is 0 Å². The fourth-order valence-electron chi connectivity index (χ4n) is 2.64. The Morgan fingerprint density at radius 1 is 1.19 bits per heavy atom. The lowest BCUT2D eigenvalue weighted by molar-refractivity contribution is 0.0730. The van der Waals surface area contributed by atoms with Crippen molar-refractivity contribution in [2.24, 2.45) is 0 Å². The van der Waals surface area contributed by atoms with E-state index in [2.05, 4.69) is 12.1 Å². The minimum absolute atomic E-state index is 0.0803. The second-order valence-corrected chi connectivity index (χ2v) is 5.78. The van der Waals surface area contributed by atoms with Crippen molar-refractivity contribution in [3.8, 4) is 0 Å². The molecular formula is C18H20N2O. The van der Waals surface area contributed by atoms with Crippen LogP contribution in [0.1, 0.15) is 34.3 Å². The Morgan fingerprint density at radius 2 is 1.90 bits per heavy atom. The molecule has 21 heavy (non-hydrogen) atoms. The molecule has 0 spiro atoms. The Kier molecular flexibility index (Phi) is 3.65. The molecule has 3 rings (SSSR count). The first-order chi connectivity index (χ1) is 10.1. The van der Waals surface area contributed by atoms with Crippen LogP contribution in [0.25, 0.3) is 0 Å². The molecule has 0 aromatic heterocycles. The zero-order valence-electron chi connectivity index (χ0n) is 12.3. The van der Waals surface area contributed by atoms with Gasteiger partial charge in [0.25, 0.3) is 5.91 Å². The molecule has 1 fully saturated rings. The van der Waals surface area contributed by atoms with E-state index >= 15 is 0 Å². The van der Waals surface area contributed by atoms with Gasteiger partial charge in [-0.25, -0.2) is 0 Å². The molecule has 2 aromatic carbocycles. The number of anilines is 1. The topological polar surface area (TPSA) is 46.3 Å². The van der Waals surface area contributed by atoms with Gasteiger partial charge in [-0.3, -0.25) is 4.79 Å². The van der Waals surface area contributed by atoms with Gasteiger partial charge in [0.05, 0.1) is 0 Å². The predicted molar refractivity (Wildman–Crippen MR) is 84.9 cm³/mol. The van der Waals surface area contributed by atoms with Crippen LogP contribution in [0.5, 0.6) is 0 Å². The maximum Gasteiger partial charge on any atom is 0.254 e. The molecular weight excluding hydrogens is 260 g/mol. The summed E-state index contributed by atoms with van der Waals surface area (Å²) >= 11 is 0. The summed E-state index contributed by atoms with van der Waals surface area (Å²) in [4.78, 5) is 14.8. The largest absolute Gasteiger partial charge is 0.399 e. The quantitative estimate of drug-likeness (QED) is 0.873. The highest BCUT2D eigenvalue weighted by Crippen LogP contribution is 2.30. The van der Waals surface area contributed by atoms with E-state index in [0.717, 1.165) is 18.4 Å². The summed E-state index contributed by atoms with van der Waals surface area (Å²) in [6, 6.07) is 16.1.